The molecular weight excluding hydrogens is 883 g/mol. The molecule has 3 heterocycles. The molecule has 6 rings (SSSR count). The van der Waals surface area contributed by atoms with Crippen LogP contribution in [0.2, 0.25) is 0 Å². The summed E-state index contributed by atoms with van der Waals surface area (Å²) in [7, 11) is -1.97. The van der Waals surface area contributed by atoms with Gasteiger partial charge in [-0.2, -0.15) is 26.3 Å². The lowest BCUT2D eigenvalue weighted by atomic mass is 9.85. The quantitative estimate of drug-likeness (QED) is 0.193. The fourth-order valence-corrected chi connectivity index (χ4v) is 9.38. The minimum absolute atomic E-state index is 0.0151. The van der Waals surface area contributed by atoms with Gasteiger partial charge in [-0.3, -0.25) is 19.1 Å². The van der Waals surface area contributed by atoms with Gasteiger partial charge >= 0.3 is 18.4 Å². The molecule has 2 aromatic rings. The average Bonchev–Trinajstić information content (AvgIpc) is 4.08. The van der Waals surface area contributed by atoms with Gasteiger partial charge in [0.05, 0.1) is 36.5 Å². The van der Waals surface area contributed by atoms with E-state index in [4.69, 9.17) is 18.9 Å². The normalized spacial score (nSPS) is 28.0. The van der Waals surface area contributed by atoms with Crippen LogP contribution in [0.15, 0.2) is 24.3 Å². The second kappa shape index (κ2) is 17.4. The third kappa shape index (κ3) is 9.77. The van der Waals surface area contributed by atoms with E-state index in [-0.39, 0.29) is 47.7 Å². The molecule has 7 atom stereocenters. The van der Waals surface area contributed by atoms with E-state index < -0.39 is 110 Å². The van der Waals surface area contributed by atoms with Crippen molar-refractivity contribution in [2.45, 2.75) is 132 Å². The molecule has 2 aliphatic carbocycles. The van der Waals surface area contributed by atoms with E-state index in [1.54, 1.807) is 13.0 Å². The molecule has 354 valence electrons. The average molecular weight is 935 g/mol. The first kappa shape index (κ1) is 48.4. The SMILES string of the molecule is CC[C@@H]1C[C@H](C)CC/C=C\[C@@H]2C[C@@]2(C(=O)NS(=O)(=O)C2(C)CC2)NC(=O)[C@@H]2C[C@@H](Oc3cc4nc(OC)c(C(F)(F)F)nc4cc3OC)CN2C(=O)[C@H]1NC(=O)OC(C)(C)C(F)(F)F. The predicted octanol–water partition coefficient (Wildman–Crippen LogP) is 5.73. The molecule has 0 bridgehead atoms. The lowest BCUT2D eigenvalue weighted by Gasteiger charge is -2.35. The monoisotopic (exact) mass is 934 g/mol. The van der Waals surface area contributed by atoms with Crippen LogP contribution in [0.1, 0.15) is 91.7 Å². The molecule has 3 N–H and O–H groups in total. The highest BCUT2D eigenvalue weighted by atomic mass is 32.2. The second-order valence-electron chi connectivity index (χ2n) is 17.7. The van der Waals surface area contributed by atoms with Gasteiger partial charge in [-0.1, -0.05) is 32.4 Å². The van der Waals surface area contributed by atoms with Crippen molar-refractivity contribution in [3.05, 3.63) is 30.0 Å². The highest BCUT2D eigenvalue weighted by Gasteiger charge is 2.63. The first-order valence-electron chi connectivity index (χ1n) is 20.8. The van der Waals surface area contributed by atoms with Gasteiger partial charge in [0.15, 0.2) is 11.5 Å². The van der Waals surface area contributed by atoms with Gasteiger partial charge < -0.3 is 34.5 Å². The van der Waals surface area contributed by atoms with Crippen LogP contribution < -0.4 is 29.6 Å². The van der Waals surface area contributed by atoms with Gasteiger partial charge in [0.25, 0.3) is 5.91 Å². The van der Waals surface area contributed by atoms with E-state index in [1.807, 2.05) is 13.0 Å². The van der Waals surface area contributed by atoms with Crippen molar-refractivity contribution in [2.24, 2.45) is 17.8 Å². The van der Waals surface area contributed by atoms with Crippen molar-refractivity contribution < 1.29 is 72.9 Å². The Morgan fingerprint density at radius 1 is 1.00 bits per heavy atom. The molecule has 0 unspecified atom stereocenters. The molecule has 1 aromatic carbocycles. The summed E-state index contributed by atoms with van der Waals surface area (Å²) >= 11 is 0. The second-order valence-corrected chi connectivity index (χ2v) is 19.9. The molecule has 64 heavy (non-hydrogen) atoms. The summed E-state index contributed by atoms with van der Waals surface area (Å²) in [6, 6.07) is -0.675. The minimum atomic E-state index is -4.98. The fraction of sp³-hybridized carbons (Fsp3) is 0.659. The van der Waals surface area contributed by atoms with Crippen molar-refractivity contribution in [2.75, 3.05) is 20.8 Å². The number of hydrogen-bond acceptors (Lipinski definition) is 12. The zero-order valence-corrected chi connectivity index (χ0v) is 37.1. The Hall–Kier alpha value is -5.09. The largest absolute Gasteiger partial charge is 0.493 e. The van der Waals surface area contributed by atoms with Gasteiger partial charge in [0.1, 0.15) is 23.7 Å². The topological polar surface area (TPSA) is 204 Å². The number of ether oxygens (including phenoxy) is 4. The molecule has 4 amide bonds. The van der Waals surface area contributed by atoms with E-state index >= 15 is 0 Å². The lowest BCUT2D eigenvalue weighted by molar-refractivity contribution is -0.244. The van der Waals surface area contributed by atoms with Crippen molar-refractivity contribution >= 4 is 44.9 Å². The zero-order chi connectivity index (χ0) is 47.4. The number of sulfonamides is 1. The summed E-state index contributed by atoms with van der Waals surface area (Å²) in [5, 5.41) is 5.08. The number of alkyl halides is 6. The number of carbonyl (C=O) groups is 4. The number of allylic oxidation sites excluding steroid dienone is 1. The number of rotatable bonds is 10. The van der Waals surface area contributed by atoms with Gasteiger partial charge in [0.2, 0.25) is 39.0 Å². The zero-order valence-electron chi connectivity index (χ0n) is 36.2. The van der Waals surface area contributed by atoms with Crippen LogP contribution in [0.4, 0.5) is 31.1 Å². The first-order chi connectivity index (χ1) is 29.7. The van der Waals surface area contributed by atoms with E-state index in [1.165, 1.54) is 20.1 Å². The number of alkyl carbamates (subject to hydrolysis) is 1. The highest BCUT2D eigenvalue weighted by Crippen LogP contribution is 2.48. The molecule has 16 nitrogen and oxygen atoms in total. The first-order valence-corrected chi connectivity index (χ1v) is 22.3. The molecule has 1 aromatic heterocycles. The maximum atomic E-state index is 15.0. The van der Waals surface area contributed by atoms with Crippen LogP contribution >= 0.6 is 0 Å². The minimum Gasteiger partial charge on any atom is -0.493 e. The molecule has 2 saturated carbocycles. The smallest absolute Gasteiger partial charge is 0.438 e. The Bertz CT molecular complexity index is 2310. The number of aromatic nitrogens is 2. The number of benzene rings is 1. The number of methoxy groups -OCH3 is 2. The van der Waals surface area contributed by atoms with Crippen LogP contribution in [0.3, 0.4) is 0 Å². The molecule has 0 spiro atoms. The van der Waals surface area contributed by atoms with Crippen molar-refractivity contribution in [1.29, 1.82) is 0 Å². The maximum absolute atomic E-state index is 15.0. The summed E-state index contributed by atoms with van der Waals surface area (Å²) in [6.07, 6.45) is -7.09. The van der Waals surface area contributed by atoms with E-state index in [2.05, 4.69) is 25.3 Å². The Morgan fingerprint density at radius 2 is 1.66 bits per heavy atom. The third-order valence-corrected chi connectivity index (χ3v) is 14.7. The van der Waals surface area contributed by atoms with Gasteiger partial charge in [-0.05, 0) is 71.1 Å². The number of fused-ring (bicyclic) bond motifs is 3. The molecule has 3 fully saturated rings. The van der Waals surface area contributed by atoms with Crippen molar-refractivity contribution in [3.63, 3.8) is 0 Å². The lowest BCUT2D eigenvalue weighted by Crippen LogP contribution is -2.60. The van der Waals surface area contributed by atoms with Crippen molar-refractivity contribution in [1.82, 2.24) is 30.2 Å². The predicted molar refractivity (Wildman–Crippen MR) is 215 cm³/mol. The van der Waals surface area contributed by atoms with Crippen molar-refractivity contribution in [3.8, 4) is 17.4 Å². The Balaban J connectivity index is 1.39. The molecule has 1 saturated heterocycles. The summed E-state index contributed by atoms with van der Waals surface area (Å²) in [5.74, 6) is -5.26. The molecular formula is C41H52F6N6O10S. The fourth-order valence-electron chi connectivity index (χ4n) is 8.07. The van der Waals surface area contributed by atoms with E-state index in [9.17, 15) is 53.9 Å². The summed E-state index contributed by atoms with van der Waals surface area (Å²) in [5.41, 5.74) is -6.46. The Morgan fingerprint density at radius 3 is 2.25 bits per heavy atom. The molecule has 0 radical (unpaired) electrons. The van der Waals surface area contributed by atoms with Gasteiger partial charge in [-0.25, -0.2) is 23.2 Å². The van der Waals surface area contributed by atoms with Crippen LogP contribution in [-0.2, 0) is 35.3 Å². The van der Waals surface area contributed by atoms with E-state index in [0.717, 1.165) is 18.1 Å². The van der Waals surface area contributed by atoms with Gasteiger partial charge in [0, 0.05) is 24.5 Å². The number of nitrogens with zero attached hydrogens (tertiary/aromatic N) is 3. The van der Waals surface area contributed by atoms with Crippen LogP contribution in [0.25, 0.3) is 11.0 Å². The maximum Gasteiger partial charge on any atom is 0.438 e. The van der Waals surface area contributed by atoms with E-state index in [0.29, 0.717) is 46.0 Å². The molecule has 23 heteroatoms. The summed E-state index contributed by atoms with van der Waals surface area (Å²) in [6.45, 7) is 6.00. The number of carbonyl (C=O) groups excluding carboxylic acids is 4. The van der Waals surface area contributed by atoms with Crippen LogP contribution in [-0.4, -0.2) is 108 Å². The molecule has 4 aliphatic rings. The third-order valence-electron chi connectivity index (χ3n) is 12.6. The van der Waals surface area contributed by atoms with Crippen LogP contribution in [0.5, 0.6) is 17.4 Å². The Kier molecular flexibility index (Phi) is 13.1. The van der Waals surface area contributed by atoms with Gasteiger partial charge in [-0.15, -0.1) is 0 Å². The Labute approximate surface area is 365 Å². The highest BCUT2D eigenvalue weighted by molar-refractivity contribution is 7.91. The summed E-state index contributed by atoms with van der Waals surface area (Å²) < 4.78 is 132. The number of nitrogens with one attached hydrogen (secondary N) is 3. The standard InChI is InChI=1S/C41H52F6N6O10S/c1-8-22-15-21(2)11-9-10-12-23-19-39(23,35(56)52-64(58,59)38(5)13-14-38)51-32(54)27-16-24(20-53(27)34(55)30(22)50-36(57)63-37(3,4)41(45,46)47)62-29-18-26-25(17-28(29)60-6)48-31(40(42,43)44)33(49-26)61-7/h10,12,17-18,21-24,27,30H,8-9,11,13-16,19-20H2,1-7H3,(H,50,57)(H,51,54)(H,52,56)/b12-10-/t21-,22-,23-,24-,27+,30+,39-/m1/s1. The number of hydrogen-bond donors (Lipinski definition) is 3. The molecule has 2 aliphatic heterocycles. The van der Waals surface area contributed by atoms with Crippen LogP contribution in [0, 0.1) is 17.8 Å². The summed E-state index contributed by atoms with van der Waals surface area (Å²) in [4.78, 5) is 65.5. The number of halogens is 6. The number of amides is 4.